The van der Waals surface area contributed by atoms with Crippen LogP contribution in [0.25, 0.3) is 43.9 Å². The van der Waals surface area contributed by atoms with Crippen LogP contribution in [0.4, 0.5) is 0 Å². The third kappa shape index (κ3) is 22.1. The molecule has 0 radical (unpaired) electrons. The Hall–Kier alpha value is -6.80. The van der Waals surface area contributed by atoms with E-state index in [1.807, 2.05) is 0 Å². The smallest absolute Gasteiger partial charge is 0.870 e. The van der Waals surface area contributed by atoms with Gasteiger partial charge in [0.2, 0.25) is 11.5 Å². The van der Waals surface area contributed by atoms with E-state index in [9.17, 15) is 53.7 Å². The van der Waals surface area contributed by atoms with E-state index < -0.39 is 57.6 Å². The molecule has 4 aromatic heterocycles. The Morgan fingerprint density at radius 1 is 0.506 bits per heavy atom. The predicted molar refractivity (Wildman–Crippen MR) is 303 cm³/mol. The van der Waals surface area contributed by atoms with Crippen molar-refractivity contribution >= 4 is 84.0 Å². The van der Waals surface area contributed by atoms with Crippen molar-refractivity contribution in [3.05, 3.63) is 161 Å². The van der Waals surface area contributed by atoms with Gasteiger partial charge in [-0.1, -0.05) is 47.6 Å². The summed E-state index contributed by atoms with van der Waals surface area (Å²) >= 11 is 3.24. The number of carbonyl (C=O) groups excluding carboxylic acids is 4. The summed E-state index contributed by atoms with van der Waals surface area (Å²) < 4.78 is 73.2. The molecule has 4 heterocycles. The largest absolute Gasteiger partial charge is 1.00 e. The molecule has 26 nitrogen and oxygen atoms in total. The summed E-state index contributed by atoms with van der Waals surface area (Å²) in [5, 5.41) is 32.9. The SMILES string of the molecule is C.COCCOC(=O)c1cc(=O)c2c(OCC(O)COc3cccc4oc(C(=O)OCCOC)cc(=O)c34)cccc2o1.COCCOCCBr.O=[C-]c1cc(=O)c2c(OCC(O)COc3cccc4oc(C(=O)[O-])cc(=O)c34)cccc2o1.[Na+].[Na+].[OH-]. The van der Waals surface area contributed by atoms with Crippen molar-refractivity contribution < 1.29 is 164 Å². The topological polar surface area (TPSA) is 375 Å². The second kappa shape index (κ2) is 39.2. The molecule has 4 aromatic carbocycles. The van der Waals surface area contributed by atoms with Crippen LogP contribution in [0.15, 0.2) is 134 Å². The summed E-state index contributed by atoms with van der Waals surface area (Å²) in [6.45, 7) is 1.40. The number of carboxylic acids is 1. The second-order valence-electron chi connectivity index (χ2n) is 16.9. The molecule has 8 aromatic rings. The summed E-state index contributed by atoms with van der Waals surface area (Å²) in [4.78, 5) is 96.1. The van der Waals surface area contributed by atoms with E-state index in [0.717, 1.165) is 36.2 Å². The number of alkyl halides is 1. The quantitative estimate of drug-likeness (QED) is 0.0192. The molecule has 0 aliphatic carbocycles. The fraction of sp³-hybridized carbons (Fsp3) is 0.310. The molecular formula is C58H58BrNa2O26-. The number of aromatic carboxylic acids is 1. The van der Waals surface area contributed by atoms with Crippen LogP contribution in [-0.2, 0) is 33.2 Å². The molecule has 87 heavy (non-hydrogen) atoms. The molecule has 0 saturated carbocycles. The standard InChI is InChI=1S/C29H28O13.C23H15O10.C5H11BrO2.CH4.2Na.H2O/c1-35-9-11-37-28(33)24-13-18(31)26-20(5-3-7-22(26)41-24)39-15-17(30)16-40-21-6-4-8-23-27(21)19(32)14-25(42-23)29(34)38-12-10-36-2;24-9-13-7-14(26)21-16(3-1-5-18(21)32-13)30-10-12(25)11-31-17-4-2-6-19-22(17)15(27)8-20(33-19)23(28)29;1-7-4-5-8-3-2-6;;;;/h3-8,13-14,17,30H,9-12,15-16H2,1-2H3;1-8,12,25H,10-11H2,(H,28,29);2-5H2,1H3;1H4;;;1H2/q;-1;;;2*+1;/p-2. The van der Waals surface area contributed by atoms with Crippen molar-refractivity contribution in [3.63, 3.8) is 0 Å². The van der Waals surface area contributed by atoms with Gasteiger partial charge in [0, 0.05) is 56.9 Å². The number of esters is 2. The number of hydrogen-bond donors (Lipinski definition) is 2. The van der Waals surface area contributed by atoms with E-state index in [2.05, 4.69) is 15.9 Å². The molecule has 8 rings (SSSR count). The Morgan fingerprint density at radius 3 is 1.16 bits per heavy atom. The van der Waals surface area contributed by atoms with Gasteiger partial charge in [-0.2, -0.15) is 0 Å². The van der Waals surface area contributed by atoms with Crippen LogP contribution in [0.3, 0.4) is 0 Å². The molecular weight excluding hydrogens is 1240 g/mol. The van der Waals surface area contributed by atoms with E-state index in [4.69, 9.17) is 65.0 Å². The zero-order chi connectivity index (χ0) is 59.8. The molecule has 1 atom stereocenters. The van der Waals surface area contributed by atoms with E-state index in [0.29, 0.717) is 13.2 Å². The maximum atomic E-state index is 12.8. The first-order valence-electron chi connectivity index (χ1n) is 24.8. The van der Waals surface area contributed by atoms with Crippen LogP contribution in [-0.4, -0.2) is 151 Å². The normalized spacial score (nSPS) is 10.8. The molecule has 0 saturated heterocycles. The first-order valence-corrected chi connectivity index (χ1v) is 25.9. The Morgan fingerprint density at radius 2 is 0.828 bits per heavy atom. The fourth-order valence-corrected chi connectivity index (χ4v) is 7.49. The van der Waals surface area contributed by atoms with Crippen LogP contribution in [0, 0.1) is 0 Å². The van der Waals surface area contributed by atoms with Crippen LogP contribution in [0.2, 0.25) is 0 Å². The molecule has 0 amide bonds. The molecule has 0 fully saturated rings. The van der Waals surface area contributed by atoms with Gasteiger partial charge in [0.1, 0.15) is 125 Å². The van der Waals surface area contributed by atoms with E-state index >= 15 is 0 Å². The van der Waals surface area contributed by atoms with Gasteiger partial charge in [0.15, 0.2) is 22.0 Å². The number of benzene rings is 4. The van der Waals surface area contributed by atoms with Gasteiger partial charge in [0.05, 0.1) is 38.4 Å². The molecule has 1 unspecified atom stereocenters. The number of carbonyl (C=O) groups is 3. The summed E-state index contributed by atoms with van der Waals surface area (Å²) in [5.41, 5.74) is -1.94. The second-order valence-corrected chi connectivity index (χ2v) is 17.7. The number of fused-ring (bicyclic) bond motifs is 4. The summed E-state index contributed by atoms with van der Waals surface area (Å²) in [6.07, 6.45) is -0.836. The van der Waals surface area contributed by atoms with Gasteiger partial charge in [-0.3, -0.25) is 14.4 Å². The summed E-state index contributed by atoms with van der Waals surface area (Å²) in [6, 6.07) is 21.8. The van der Waals surface area contributed by atoms with Gasteiger partial charge < -0.3 is 100 Å². The zero-order valence-corrected chi connectivity index (χ0v) is 52.6. The molecule has 3 N–H and O–H groups in total. The van der Waals surface area contributed by atoms with E-state index in [-0.39, 0.29) is 209 Å². The predicted octanol–water partition coefficient (Wildman–Crippen LogP) is -1.62. The number of carboxylic acid groups (broad SMARTS) is 1. The van der Waals surface area contributed by atoms with Gasteiger partial charge >= 0.3 is 71.1 Å². The Bertz CT molecular complexity index is 3640. The number of halogens is 1. The average molecular weight is 1300 g/mol. The van der Waals surface area contributed by atoms with E-state index in [1.165, 1.54) is 75.1 Å². The van der Waals surface area contributed by atoms with E-state index in [1.54, 1.807) is 25.3 Å². The van der Waals surface area contributed by atoms with Gasteiger partial charge in [-0.15, -0.1) is 6.07 Å². The molecule has 0 aliphatic heterocycles. The minimum atomic E-state index is -1.63. The first-order chi connectivity index (χ1) is 40.1. The van der Waals surface area contributed by atoms with Crippen molar-refractivity contribution in [2.24, 2.45) is 0 Å². The van der Waals surface area contributed by atoms with Crippen LogP contribution < -0.4 is 105 Å². The number of aliphatic hydroxyl groups excluding tert-OH is 2. The third-order valence-electron chi connectivity index (χ3n) is 11.0. The average Bonchev–Trinajstić information content (AvgIpc) is 3.46. The number of rotatable bonds is 27. The van der Waals surface area contributed by atoms with Crippen molar-refractivity contribution in [1.29, 1.82) is 0 Å². The zero-order valence-electron chi connectivity index (χ0n) is 47.0. The number of hydrogen-bond acceptors (Lipinski definition) is 26. The van der Waals surface area contributed by atoms with Crippen LogP contribution >= 0.6 is 15.9 Å². The number of aliphatic hydroxyl groups is 2. The van der Waals surface area contributed by atoms with Crippen LogP contribution in [0.1, 0.15) is 44.9 Å². The molecule has 29 heteroatoms. The van der Waals surface area contributed by atoms with Gasteiger partial charge in [-0.05, 0) is 48.5 Å². The minimum Gasteiger partial charge on any atom is -0.870 e. The first kappa shape index (κ1) is 76.3. The number of ether oxygens (including phenoxy) is 10. The van der Waals surface area contributed by atoms with Crippen LogP contribution in [0.5, 0.6) is 23.0 Å². The van der Waals surface area contributed by atoms with Crippen molar-refractivity contribution in [2.75, 3.05) is 99.3 Å². The van der Waals surface area contributed by atoms with Crippen molar-refractivity contribution in [3.8, 4) is 23.0 Å². The maximum Gasteiger partial charge on any atom is 1.00 e. The van der Waals surface area contributed by atoms with Gasteiger partial charge in [-0.25, -0.2) is 9.59 Å². The van der Waals surface area contributed by atoms with Gasteiger partial charge in [0.25, 0.3) is 0 Å². The minimum absolute atomic E-state index is 0. The molecule has 0 bridgehead atoms. The van der Waals surface area contributed by atoms with Crippen molar-refractivity contribution in [1.82, 2.24) is 0 Å². The summed E-state index contributed by atoms with van der Waals surface area (Å²) in [7, 11) is 4.58. The molecule has 456 valence electrons. The Balaban J connectivity index is 0.000000515. The van der Waals surface area contributed by atoms with Crippen molar-refractivity contribution in [2.45, 2.75) is 19.6 Å². The number of methoxy groups -OCH3 is 3. The summed E-state index contributed by atoms with van der Waals surface area (Å²) in [5.74, 6) is -4.21. The maximum absolute atomic E-state index is 12.8. The molecule has 0 spiro atoms. The monoisotopic (exact) mass is 1300 g/mol. The third-order valence-corrected chi connectivity index (χ3v) is 11.3. The fourth-order valence-electron chi connectivity index (χ4n) is 7.26. The Kier molecular flexibility index (Phi) is 34.3. The molecule has 0 aliphatic rings. The Labute approximate surface area is 547 Å².